The number of halogens is 2. The van der Waals surface area contributed by atoms with E-state index in [4.69, 9.17) is 5.63 Å². The van der Waals surface area contributed by atoms with Gasteiger partial charge in [0, 0.05) is 0 Å². The van der Waals surface area contributed by atoms with Crippen LogP contribution < -0.4 is 5.63 Å². The van der Waals surface area contributed by atoms with Gasteiger partial charge in [0.1, 0.15) is 0 Å². The summed E-state index contributed by atoms with van der Waals surface area (Å²) in [7, 11) is 0. The van der Waals surface area contributed by atoms with Gasteiger partial charge in [0.05, 0.1) is 0 Å². The fourth-order valence-corrected chi connectivity index (χ4v) is 26.6. The molecule has 2 aliphatic carbocycles. The van der Waals surface area contributed by atoms with E-state index in [1.807, 2.05) is 6.88 Å². The predicted octanol–water partition coefficient (Wildman–Crippen LogP) is 8.15. The van der Waals surface area contributed by atoms with Crippen LogP contribution in [0.25, 0.3) is 0 Å². The van der Waals surface area contributed by atoms with Crippen LogP contribution in [0.5, 0.6) is 11.5 Å². The molecule has 0 aliphatic heterocycles. The molecule has 35 heavy (non-hydrogen) atoms. The second kappa shape index (κ2) is 7.26. The van der Waals surface area contributed by atoms with Crippen molar-refractivity contribution in [3.05, 3.63) is 102 Å². The molecule has 2 aromatic rings. The van der Waals surface area contributed by atoms with Gasteiger partial charge in [-0.3, -0.25) is 0 Å². The van der Waals surface area contributed by atoms with Crippen LogP contribution in [0.1, 0.15) is 40.5 Å². The molecule has 0 radical (unpaired) electrons. The van der Waals surface area contributed by atoms with Gasteiger partial charge >= 0.3 is 205 Å². The van der Waals surface area contributed by atoms with E-state index in [1.54, 1.807) is 24.3 Å². The van der Waals surface area contributed by atoms with Gasteiger partial charge in [-0.25, -0.2) is 0 Å². The van der Waals surface area contributed by atoms with Gasteiger partial charge in [-0.15, -0.1) is 0 Å². The molecule has 0 bridgehead atoms. The van der Waals surface area contributed by atoms with Crippen molar-refractivity contribution >= 4 is 6.88 Å². The van der Waals surface area contributed by atoms with Crippen molar-refractivity contribution in [2.24, 2.45) is 5.41 Å². The zero-order valence-corrected chi connectivity index (χ0v) is 25.5. The van der Waals surface area contributed by atoms with Crippen LogP contribution in [0.3, 0.4) is 0 Å². The first-order chi connectivity index (χ1) is 16.0. The first-order valence-corrected chi connectivity index (χ1v) is 27.5. The van der Waals surface area contributed by atoms with Crippen LogP contribution in [0, 0.1) is 17.0 Å². The SMILES string of the molecule is CC1=CC=[C]([Zr]([CH3])([CH3])(=[SiH2])([O]c2ccc(F)cc2)([O]c2ccc(F)cc2)[C]2=CC(C(C)(C)C)=CC2)C1. The Morgan fingerprint density at radius 3 is 1.66 bits per heavy atom. The fourth-order valence-electron chi connectivity index (χ4n) is 5.57. The number of rotatable bonds is 6. The Morgan fingerprint density at radius 1 is 0.800 bits per heavy atom. The Bertz CT molecular complexity index is 1400. The molecule has 6 heteroatoms. The van der Waals surface area contributed by atoms with Crippen LogP contribution in [0.2, 0.25) is 9.26 Å². The van der Waals surface area contributed by atoms with Crippen molar-refractivity contribution in [3.63, 3.8) is 0 Å². The normalized spacial score (nSPS) is 19.4. The van der Waals surface area contributed by atoms with Gasteiger partial charge in [0.25, 0.3) is 0 Å². The molecule has 0 N–H and O–H groups in total. The Morgan fingerprint density at radius 2 is 1.29 bits per heavy atom. The van der Waals surface area contributed by atoms with E-state index >= 15 is 0 Å². The standard InChI is InChI=1S/C9H13.2C6H5FO.C6H7.2CH3.H2Si.Zr/c1-9(2,3)8-6-4-5-7-8;2*7-5-1-3-6(8)4-2-5;1-6-4-2-3-5-6;;;;/h6-7H,4H2,1-3H3;2*1-4,8H;2,4H,5H2,1H3;2*1H3;1H2;/q;;;;;;;+2/p-2. The van der Waals surface area contributed by atoms with Gasteiger partial charge in [-0.05, 0) is 0 Å². The molecule has 2 aliphatic rings. The van der Waals surface area contributed by atoms with Crippen molar-refractivity contribution in [3.8, 4) is 11.5 Å². The van der Waals surface area contributed by atoms with Crippen molar-refractivity contribution in [1.29, 1.82) is 0 Å². The number of benzene rings is 2. The van der Waals surface area contributed by atoms with Crippen LogP contribution in [0.4, 0.5) is 8.78 Å². The van der Waals surface area contributed by atoms with Crippen molar-refractivity contribution in [1.82, 2.24) is 0 Å². The van der Waals surface area contributed by atoms with Crippen LogP contribution in [0.15, 0.2) is 90.5 Å². The molecule has 0 aromatic heterocycles. The Hall–Kier alpha value is -2.04. The van der Waals surface area contributed by atoms with Crippen LogP contribution in [-0.4, -0.2) is 6.88 Å². The van der Waals surface area contributed by atoms with Crippen LogP contribution in [-0.2, 0) is 15.3 Å². The minimum atomic E-state index is -6.18. The first kappa shape index (κ1) is 26.0. The molecule has 0 heterocycles. The molecule has 0 fully saturated rings. The molecule has 0 saturated heterocycles. The van der Waals surface area contributed by atoms with Crippen molar-refractivity contribution < 1.29 is 29.7 Å². The molecule has 0 atom stereocenters. The summed E-state index contributed by atoms with van der Waals surface area (Å²) < 4.78 is 49.0. The summed E-state index contributed by atoms with van der Waals surface area (Å²) in [5.41, 5.74) is 2.40. The fraction of sp³-hybridized carbons (Fsp3) is 0.310. The third kappa shape index (κ3) is 4.27. The van der Waals surface area contributed by atoms with E-state index in [9.17, 15) is 8.78 Å². The molecule has 0 saturated carbocycles. The second-order valence-electron chi connectivity index (χ2n) is 13.1. The first-order valence-electron chi connectivity index (χ1n) is 12.2. The Labute approximate surface area is 204 Å². The third-order valence-electron chi connectivity index (χ3n) is 8.06. The maximum atomic E-state index is 13.9. The van der Waals surface area contributed by atoms with Gasteiger partial charge < -0.3 is 0 Å². The number of hydrogen-bond donors (Lipinski definition) is 0. The zero-order chi connectivity index (χ0) is 25.8. The molecule has 0 amide bonds. The predicted molar refractivity (Wildman–Crippen MR) is 141 cm³/mol. The van der Waals surface area contributed by atoms with E-state index in [-0.39, 0.29) is 17.0 Å². The van der Waals surface area contributed by atoms with Gasteiger partial charge in [0.2, 0.25) is 0 Å². The summed E-state index contributed by atoms with van der Waals surface area (Å²) in [6, 6.07) is 12.3. The third-order valence-corrected chi connectivity index (χ3v) is 34.8. The van der Waals surface area contributed by atoms with E-state index in [2.05, 4.69) is 61.3 Å². The van der Waals surface area contributed by atoms with Gasteiger partial charge in [-0.1, -0.05) is 0 Å². The topological polar surface area (TPSA) is 18.5 Å². The van der Waals surface area contributed by atoms with Gasteiger partial charge in [0.15, 0.2) is 0 Å². The molecule has 2 nitrogen and oxygen atoms in total. The number of allylic oxidation sites excluding steroid dienone is 8. The van der Waals surface area contributed by atoms with Crippen LogP contribution >= 0.6 is 0 Å². The molecule has 0 spiro atoms. The van der Waals surface area contributed by atoms with Gasteiger partial charge in [-0.2, -0.15) is 0 Å². The van der Waals surface area contributed by atoms with E-state index < -0.39 is 15.3 Å². The van der Waals surface area contributed by atoms with Crippen molar-refractivity contribution in [2.75, 3.05) is 0 Å². The maximum absolute atomic E-state index is 13.9. The molecule has 4 rings (SSSR count). The number of hydrogen-bond acceptors (Lipinski definition) is 2. The molecular weight excluding hydrogens is 538 g/mol. The second-order valence-corrected chi connectivity index (χ2v) is 54.2. The molecule has 186 valence electrons. The summed E-state index contributed by atoms with van der Waals surface area (Å²) in [6.45, 7) is 10.5. The summed E-state index contributed by atoms with van der Waals surface area (Å²) in [5, 5.41) is 0. The summed E-state index contributed by atoms with van der Waals surface area (Å²) in [5.74, 6) is 0.442. The van der Waals surface area contributed by atoms with E-state index in [0.717, 1.165) is 6.56 Å². The van der Waals surface area contributed by atoms with Crippen molar-refractivity contribution in [2.45, 2.75) is 49.8 Å². The van der Waals surface area contributed by atoms with E-state index in [1.165, 1.54) is 35.4 Å². The quantitative estimate of drug-likeness (QED) is 0.325. The summed E-state index contributed by atoms with van der Waals surface area (Å²) in [4.78, 5) is 0. The molecule has 2 aromatic carbocycles. The minimum absolute atomic E-state index is 0.0491. The Kier molecular flexibility index (Phi) is 5.40. The summed E-state index contributed by atoms with van der Waals surface area (Å²) >= 11 is -6.18. The zero-order valence-electron chi connectivity index (χ0n) is 21.6. The summed E-state index contributed by atoms with van der Waals surface area (Å²) in [6.07, 6.45) is 10.2. The van der Waals surface area contributed by atoms with E-state index in [0.29, 0.717) is 24.3 Å². The Balaban J connectivity index is 2.08. The molecular formula is C29H36F2O2SiZr. The average Bonchev–Trinajstić information content (AvgIpc) is 3.43. The monoisotopic (exact) mass is 572 g/mol. The average molecular weight is 574 g/mol. The molecule has 0 unspecified atom stereocenters.